The number of imidazole rings is 1. The average Bonchev–Trinajstić information content (AvgIpc) is 2.87. The van der Waals surface area contributed by atoms with Crippen molar-refractivity contribution in [3.63, 3.8) is 0 Å². The van der Waals surface area contributed by atoms with Gasteiger partial charge >= 0.3 is 0 Å². The van der Waals surface area contributed by atoms with Crippen LogP contribution in [0.4, 0.5) is 5.95 Å². The molecule has 0 aromatic carbocycles. The van der Waals surface area contributed by atoms with E-state index in [9.17, 15) is 0 Å². The summed E-state index contributed by atoms with van der Waals surface area (Å²) in [6.45, 7) is 1.85. The van der Waals surface area contributed by atoms with Crippen LogP contribution in [0.25, 0.3) is 11.2 Å². The summed E-state index contributed by atoms with van der Waals surface area (Å²) in [6.07, 6.45) is 3.13. The zero-order valence-corrected chi connectivity index (χ0v) is 9.65. The van der Waals surface area contributed by atoms with E-state index < -0.39 is 0 Å². The fourth-order valence-electron chi connectivity index (χ4n) is 1.36. The third kappa shape index (κ3) is 1.82. The largest absolute Gasteiger partial charge is 0.439 e. The number of hydrogen-bond donors (Lipinski definition) is 2. The van der Waals surface area contributed by atoms with Gasteiger partial charge in [-0.3, -0.25) is 0 Å². The Labute approximate surface area is 99.9 Å². The van der Waals surface area contributed by atoms with Crippen LogP contribution in [0.1, 0.15) is 5.69 Å². The summed E-state index contributed by atoms with van der Waals surface area (Å²) in [5.74, 6) is 0.176. The molecule has 0 radical (unpaired) electrons. The van der Waals surface area contributed by atoms with Gasteiger partial charge in [-0.25, -0.2) is 15.0 Å². The molecule has 3 aromatic heterocycles. The van der Waals surface area contributed by atoms with E-state index in [1.807, 2.05) is 6.92 Å². The van der Waals surface area contributed by atoms with Crippen LogP contribution in [-0.2, 0) is 0 Å². The fourth-order valence-corrected chi connectivity index (χ4v) is 2.20. The Morgan fingerprint density at radius 3 is 3.00 bits per heavy atom. The first kappa shape index (κ1) is 10.1. The maximum Gasteiger partial charge on any atom is 0.262 e. The van der Waals surface area contributed by atoms with Gasteiger partial charge in [-0.1, -0.05) is 0 Å². The highest BCUT2D eigenvalue weighted by atomic mass is 32.2. The first-order chi connectivity index (χ1) is 8.22. The van der Waals surface area contributed by atoms with Crippen LogP contribution < -0.4 is 5.73 Å². The molecule has 86 valence electrons. The molecule has 7 nitrogen and oxygen atoms in total. The zero-order valence-electron chi connectivity index (χ0n) is 8.84. The van der Waals surface area contributed by atoms with Crippen LogP contribution in [0.5, 0.6) is 0 Å². The molecule has 0 spiro atoms. The lowest BCUT2D eigenvalue weighted by Crippen LogP contribution is -1.96. The highest BCUT2D eigenvalue weighted by molar-refractivity contribution is 7.99. The van der Waals surface area contributed by atoms with E-state index in [4.69, 9.17) is 10.2 Å². The number of aromatic nitrogens is 5. The monoisotopic (exact) mass is 248 g/mol. The van der Waals surface area contributed by atoms with Crippen LogP contribution in [0.15, 0.2) is 27.3 Å². The van der Waals surface area contributed by atoms with Crippen molar-refractivity contribution in [2.75, 3.05) is 5.73 Å². The number of nitrogens with one attached hydrogen (secondary N) is 1. The van der Waals surface area contributed by atoms with Crippen molar-refractivity contribution in [1.82, 2.24) is 24.9 Å². The van der Waals surface area contributed by atoms with Gasteiger partial charge < -0.3 is 15.1 Å². The van der Waals surface area contributed by atoms with E-state index in [1.165, 1.54) is 11.8 Å². The van der Waals surface area contributed by atoms with Crippen molar-refractivity contribution >= 4 is 28.9 Å². The third-order valence-corrected chi connectivity index (χ3v) is 2.90. The van der Waals surface area contributed by atoms with E-state index >= 15 is 0 Å². The molecule has 3 aromatic rings. The van der Waals surface area contributed by atoms with E-state index in [-0.39, 0.29) is 5.95 Å². The average molecular weight is 248 g/mol. The van der Waals surface area contributed by atoms with Gasteiger partial charge in [-0.05, 0) is 18.7 Å². The summed E-state index contributed by atoms with van der Waals surface area (Å²) in [5.41, 5.74) is 7.67. The van der Waals surface area contributed by atoms with Gasteiger partial charge in [-0.2, -0.15) is 4.98 Å². The predicted molar refractivity (Wildman–Crippen MR) is 61.5 cm³/mol. The van der Waals surface area contributed by atoms with Crippen LogP contribution in [0.2, 0.25) is 0 Å². The number of fused-ring (bicyclic) bond motifs is 1. The Balaban J connectivity index is 2.07. The summed E-state index contributed by atoms with van der Waals surface area (Å²) in [7, 11) is 0. The van der Waals surface area contributed by atoms with Gasteiger partial charge in [0.25, 0.3) is 5.22 Å². The van der Waals surface area contributed by atoms with Crippen molar-refractivity contribution < 1.29 is 4.42 Å². The minimum Gasteiger partial charge on any atom is -0.439 e. The van der Waals surface area contributed by atoms with Crippen LogP contribution in [0, 0.1) is 6.92 Å². The Hall–Kier alpha value is -2.09. The van der Waals surface area contributed by atoms with Gasteiger partial charge in [-0.15, -0.1) is 0 Å². The molecular weight excluding hydrogens is 240 g/mol. The molecule has 3 heterocycles. The van der Waals surface area contributed by atoms with E-state index in [1.54, 1.807) is 12.6 Å². The number of rotatable bonds is 2. The predicted octanol–water partition coefficient (Wildman–Crippen LogP) is 1.38. The fraction of sp³-hybridized carbons (Fsp3) is 0.111. The van der Waals surface area contributed by atoms with Crippen LogP contribution >= 0.6 is 11.8 Å². The van der Waals surface area contributed by atoms with Gasteiger partial charge in [0.05, 0.1) is 12.0 Å². The van der Waals surface area contributed by atoms with E-state index in [0.717, 1.165) is 11.2 Å². The summed E-state index contributed by atoms with van der Waals surface area (Å²) in [6, 6.07) is 0. The molecular formula is C9H8N6OS. The highest BCUT2D eigenvalue weighted by Crippen LogP contribution is 2.29. The van der Waals surface area contributed by atoms with Gasteiger partial charge in [0, 0.05) is 0 Å². The van der Waals surface area contributed by atoms with Crippen molar-refractivity contribution in [3.05, 3.63) is 18.3 Å². The number of oxazole rings is 1. The molecule has 0 fully saturated rings. The third-order valence-electron chi connectivity index (χ3n) is 2.05. The Kier molecular flexibility index (Phi) is 2.22. The number of anilines is 1. The van der Waals surface area contributed by atoms with Crippen molar-refractivity contribution in [2.45, 2.75) is 17.2 Å². The van der Waals surface area contributed by atoms with Crippen molar-refractivity contribution in [2.24, 2.45) is 0 Å². The summed E-state index contributed by atoms with van der Waals surface area (Å²) >= 11 is 1.28. The number of hydrogen-bond acceptors (Lipinski definition) is 7. The summed E-state index contributed by atoms with van der Waals surface area (Å²) < 4.78 is 5.25. The smallest absolute Gasteiger partial charge is 0.262 e. The molecule has 0 aliphatic heterocycles. The first-order valence-corrected chi connectivity index (χ1v) is 5.60. The molecule has 0 unspecified atom stereocenters. The first-order valence-electron chi connectivity index (χ1n) is 4.79. The molecule has 0 atom stereocenters. The number of nitrogens with zero attached hydrogens (tertiary/aromatic N) is 4. The molecule has 0 saturated heterocycles. The highest BCUT2D eigenvalue weighted by Gasteiger charge is 2.12. The number of nitrogen functional groups attached to an aromatic ring is 1. The van der Waals surface area contributed by atoms with Crippen molar-refractivity contribution in [1.29, 1.82) is 0 Å². The normalized spacial score (nSPS) is 11.1. The lowest BCUT2D eigenvalue weighted by Gasteiger charge is -1.98. The number of H-pyrrole nitrogens is 1. The lowest BCUT2D eigenvalue weighted by atomic mass is 10.5. The maximum absolute atomic E-state index is 5.60. The Morgan fingerprint density at radius 1 is 1.35 bits per heavy atom. The number of aromatic amines is 1. The number of nitrogens with two attached hydrogens (primary N) is 1. The number of aryl methyl sites for hydroxylation is 1. The van der Waals surface area contributed by atoms with Gasteiger partial charge in [0.1, 0.15) is 16.8 Å². The Morgan fingerprint density at radius 2 is 2.24 bits per heavy atom. The SMILES string of the molecule is Cc1coc(Sc2nc(N)nc3nc[nH]c23)n1. The molecule has 17 heavy (non-hydrogen) atoms. The van der Waals surface area contributed by atoms with E-state index in [2.05, 4.69) is 24.9 Å². The van der Waals surface area contributed by atoms with Crippen LogP contribution in [0.3, 0.4) is 0 Å². The summed E-state index contributed by atoms with van der Waals surface area (Å²) in [4.78, 5) is 19.3. The second-order valence-electron chi connectivity index (χ2n) is 3.34. The zero-order chi connectivity index (χ0) is 11.8. The van der Waals surface area contributed by atoms with E-state index in [0.29, 0.717) is 15.9 Å². The summed E-state index contributed by atoms with van der Waals surface area (Å²) in [5, 5.41) is 1.16. The minimum absolute atomic E-state index is 0.176. The Bertz CT molecular complexity index is 675. The molecule has 3 N–H and O–H groups in total. The standard InChI is InChI=1S/C9H8N6OS/c1-4-2-16-9(13-4)17-7-5-6(12-3-11-5)14-8(10)15-7/h2-3H,1H3,(H3,10,11,12,14,15). The topological polar surface area (TPSA) is 107 Å². The molecule has 0 amide bonds. The second kappa shape index (κ2) is 3.74. The van der Waals surface area contributed by atoms with Gasteiger partial charge in [0.15, 0.2) is 5.65 Å². The minimum atomic E-state index is 0.176. The van der Waals surface area contributed by atoms with Gasteiger partial charge in [0.2, 0.25) is 5.95 Å². The molecule has 0 bridgehead atoms. The molecule has 0 saturated carbocycles. The molecule has 0 aliphatic rings. The lowest BCUT2D eigenvalue weighted by molar-refractivity contribution is 0.454. The molecule has 8 heteroatoms. The van der Waals surface area contributed by atoms with Crippen LogP contribution in [-0.4, -0.2) is 24.9 Å². The maximum atomic E-state index is 5.60. The quantitative estimate of drug-likeness (QED) is 0.660. The van der Waals surface area contributed by atoms with Crippen molar-refractivity contribution in [3.8, 4) is 0 Å². The molecule has 0 aliphatic carbocycles. The molecule has 3 rings (SSSR count). The second-order valence-corrected chi connectivity index (χ2v) is 4.29.